The third-order valence-electron chi connectivity index (χ3n) is 0. The molecule has 60 valence electrons. The minimum atomic E-state index is 0. The van der Waals surface area contributed by atoms with Gasteiger partial charge in [-0.3, -0.25) is 0 Å². The summed E-state index contributed by atoms with van der Waals surface area (Å²) in [7, 11) is 0. The van der Waals surface area contributed by atoms with E-state index in [-0.39, 0.29) is 190 Å². The van der Waals surface area contributed by atoms with Crippen LogP contribution in [0.1, 0.15) is 0 Å². The van der Waals surface area contributed by atoms with E-state index in [0.717, 1.165) is 0 Å². The summed E-state index contributed by atoms with van der Waals surface area (Å²) in [6.07, 6.45) is 0. The van der Waals surface area contributed by atoms with Gasteiger partial charge in [0.05, 0.1) is 0 Å². The van der Waals surface area contributed by atoms with Crippen LogP contribution in [0, 0.1) is 73.7 Å². The van der Waals surface area contributed by atoms with Crippen LogP contribution in [0.4, 0.5) is 0 Å². The maximum atomic E-state index is 0. The van der Waals surface area contributed by atoms with Gasteiger partial charge in [0.25, 0.3) is 0 Å². The summed E-state index contributed by atoms with van der Waals surface area (Å²) < 4.78 is 0. The predicted molar refractivity (Wildman–Crippen MR) is 13.6 cm³/mol. The van der Waals surface area contributed by atoms with Gasteiger partial charge in [0.2, 0.25) is 0 Å². The normalized spacial score (nSPS) is 0. The molecule has 0 spiro atoms. The molecule has 0 aliphatic carbocycles. The zero-order valence-corrected chi connectivity index (χ0v) is 15.3. The number of hydrogen-bond acceptors (Lipinski definition) is 0. The van der Waals surface area contributed by atoms with Gasteiger partial charge in [0.1, 0.15) is 0 Å². The molecule has 0 rings (SSSR count). The Kier molecular flexibility index (Phi) is 655. The first-order valence-electron chi connectivity index (χ1n) is 0. The molecule has 0 heterocycles. The van der Waals surface area contributed by atoms with Crippen molar-refractivity contribution in [3.05, 3.63) is 0 Å². The molecule has 0 aromatic heterocycles. The standard InChI is InChI=1S/2Al.2Lu.3O.2Y/q;;2*+3;3*-2;;. The molecule has 0 bridgehead atoms. The Labute approximate surface area is 185 Å². The van der Waals surface area contributed by atoms with Gasteiger partial charge < -0.3 is 16.4 Å². The average molecular weight is 630 g/mol. The molecule has 0 unspecified atom stereocenters. The number of rotatable bonds is 0. The fourth-order valence-electron chi connectivity index (χ4n) is 0. The van der Waals surface area contributed by atoms with Crippen molar-refractivity contribution in [3.63, 3.8) is 0 Å². The van der Waals surface area contributed by atoms with Crippen LogP contribution in [0.3, 0.4) is 0 Å². The molecule has 0 fully saturated rings. The zero-order valence-electron chi connectivity index (χ0n) is 4.05. The van der Waals surface area contributed by atoms with Crippen molar-refractivity contribution in [3.8, 4) is 0 Å². The maximum absolute atomic E-state index is 0. The topological polar surface area (TPSA) is 85.5 Å². The first-order valence-corrected chi connectivity index (χ1v) is 0. The summed E-state index contributed by atoms with van der Waals surface area (Å²) in [4.78, 5) is 0. The molecule has 0 N–H and O–H groups in total. The third kappa shape index (κ3) is 58.2. The summed E-state index contributed by atoms with van der Waals surface area (Å²) in [6.45, 7) is 0. The Morgan fingerprint density at radius 2 is 0.444 bits per heavy atom. The van der Waals surface area contributed by atoms with E-state index in [1.54, 1.807) is 0 Å². The molecule has 8 radical (unpaired) electrons. The Balaban J connectivity index is 0. The smallest absolute Gasteiger partial charge is 2.00 e. The van der Waals surface area contributed by atoms with Crippen molar-refractivity contribution in [2.45, 2.75) is 0 Å². The van der Waals surface area contributed by atoms with Crippen LogP contribution >= 0.6 is 0 Å². The van der Waals surface area contributed by atoms with Gasteiger partial charge in [-0.2, -0.15) is 0 Å². The molecule has 9 heavy (non-hydrogen) atoms. The van der Waals surface area contributed by atoms with Crippen molar-refractivity contribution < 1.29 is 156 Å². The van der Waals surface area contributed by atoms with E-state index >= 15 is 0 Å². The maximum Gasteiger partial charge on any atom is 3.00 e. The minimum Gasteiger partial charge on any atom is -2.00 e. The summed E-state index contributed by atoms with van der Waals surface area (Å²) in [5, 5.41) is 0. The van der Waals surface area contributed by atoms with Crippen molar-refractivity contribution >= 4 is 34.7 Å². The van der Waals surface area contributed by atoms with E-state index < -0.39 is 0 Å². The van der Waals surface area contributed by atoms with Crippen LogP contribution in [-0.4, -0.2) is 34.7 Å². The fraction of sp³-hybridized carbons (Fsp3) is 0. The monoisotopic (exact) mass is 630 g/mol. The van der Waals surface area contributed by atoms with Gasteiger partial charge in [-0.05, 0) is 0 Å². The Morgan fingerprint density at radius 3 is 0.444 bits per heavy atom. The zero-order chi connectivity index (χ0) is 0. The van der Waals surface area contributed by atoms with Crippen LogP contribution in [-0.2, 0) is 81.8 Å². The Hall–Kier alpha value is 5.62. The fourth-order valence-corrected chi connectivity index (χ4v) is 0. The van der Waals surface area contributed by atoms with Crippen LogP contribution in [0.25, 0.3) is 0 Å². The van der Waals surface area contributed by atoms with Gasteiger partial charge >= 0.3 is 73.7 Å². The van der Waals surface area contributed by atoms with Crippen LogP contribution in [0.5, 0.6) is 0 Å². The van der Waals surface area contributed by atoms with Gasteiger partial charge in [-0.15, -0.1) is 0 Å². The molecular weight excluding hydrogens is 630 g/mol. The molecule has 0 saturated carbocycles. The van der Waals surface area contributed by atoms with Crippen LogP contribution in [0.2, 0.25) is 0 Å². The van der Waals surface area contributed by atoms with Crippen molar-refractivity contribution in [1.29, 1.82) is 0 Å². The van der Waals surface area contributed by atoms with Crippen molar-refractivity contribution in [1.82, 2.24) is 0 Å². The van der Waals surface area contributed by atoms with E-state index in [2.05, 4.69) is 0 Å². The molecule has 0 saturated heterocycles. The third-order valence-corrected chi connectivity index (χ3v) is 0. The average Bonchev–Trinajstić information content (AvgIpc) is 0. The first-order chi connectivity index (χ1) is 0. The van der Waals surface area contributed by atoms with E-state index in [0.29, 0.717) is 0 Å². The molecule has 0 aromatic rings. The van der Waals surface area contributed by atoms with Gasteiger partial charge in [-0.25, -0.2) is 0 Å². The number of hydrogen-bond donors (Lipinski definition) is 0. The second kappa shape index (κ2) is 68.7. The quantitative estimate of drug-likeness (QED) is 0.304. The van der Waals surface area contributed by atoms with E-state index in [9.17, 15) is 0 Å². The van der Waals surface area contributed by atoms with Gasteiger partial charge in [-0.1, -0.05) is 0 Å². The molecule has 0 aliphatic rings. The van der Waals surface area contributed by atoms with E-state index in [1.807, 2.05) is 0 Å². The predicted octanol–water partition coefficient (Wildman–Crippen LogP) is -1.12. The molecule has 0 amide bonds. The van der Waals surface area contributed by atoms with Crippen molar-refractivity contribution in [2.24, 2.45) is 0 Å². The minimum absolute atomic E-state index is 0. The molecule has 0 aliphatic heterocycles. The summed E-state index contributed by atoms with van der Waals surface area (Å²) in [6, 6.07) is 0. The molecule has 0 aromatic carbocycles. The second-order valence-corrected chi connectivity index (χ2v) is 0. The SMILES string of the molecule is [Al].[Al].[Lu+3].[Lu+3].[O-2].[O-2].[O-2].[Y].[Y]. The van der Waals surface area contributed by atoms with E-state index in [1.165, 1.54) is 0 Å². The van der Waals surface area contributed by atoms with Gasteiger partial charge in [0, 0.05) is 100 Å². The Bertz CT molecular complexity index is 17.8. The molecule has 0 atom stereocenters. The summed E-state index contributed by atoms with van der Waals surface area (Å²) in [5.41, 5.74) is 0. The second-order valence-electron chi connectivity index (χ2n) is 0. The van der Waals surface area contributed by atoms with Crippen molar-refractivity contribution in [2.75, 3.05) is 0 Å². The molecular formula is Al2Lu2O3Y2. The largest absolute Gasteiger partial charge is 3.00 e. The first kappa shape index (κ1) is 85.9. The molecule has 9 heteroatoms. The van der Waals surface area contributed by atoms with Crippen LogP contribution < -0.4 is 0 Å². The van der Waals surface area contributed by atoms with Crippen LogP contribution in [0.15, 0.2) is 0 Å². The summed E-state index contributed by atoms with van der Waals surface area (Å²) in [5.74, 6) is 0. The molecule has 3 nitrogen and oxygen atoms in total. The summed E-state index contributed by atoms with van der Waals surface area (Å²) >= 11 is 0. The Morgan fingerprint density at radius 1 is 0.444 bits per heavy atom. The van der Waals surface area contributed by atoms with Gasteiger partial charge in [0.15, 0.2) is 0 Å². The van der Waals surface area contributed by atoms with E-state index in [4.69, 9.17) is 0 Å².